The highest BCUT2D eigenvalue weighted by Crippen LogP contribution is 2.21. The quantitative estimate of drug-likeness (QED) is 0.738. The van der Waals surface area contributed by atoms with Crippen LogP contribution in [0.4, 0.5) is 11.4 Å². The first-order chi connectivity index (χ1) is 13.0. The van der Waals surface area contributed by atoms with Crippen LogP contribution < -0.4 is 10.6 Å². The summed E-state index contributed by atoms with van der Waals surface area (Å²) in [6, 6.07) is 17.8. The molecule has 6 heteroatoms. The maximum absolute atomic E-state index is 12.1. The van der Waals surface area contributed by atoms with Crippen molar-refractivity contribution in [2.45, 2.75) is 32.2 Å². The van der Waals surface area contributed by atoms with Gasteiger partial charge in [0, 0.05) is 43.2 Å². The molecule has 2 N–H and O–H groups in total. The number of likely N-dealkylation sites (tertiary alicyclic amines) is 1. The minimum absolute atomic E-state index is 0.0997. The van der Waals surface area contributed by atoms with E-state index in [0.29, 0.717) is 5.69 Å². The first kappa shape index (κ1) is 18.6. The third kappa shape index (κ3) is 4.94. The van der Waals surface area contributed by atoms with E-state index in [0.717, 1.165) is 10.6 Å². The minimum atomic E-state index is -0.221. The van der Waals surface area contributed by atoms with Crippen LogP contribution in [0.5, 0.6) is 0 Å². The summed E-state index contributed by atoms with van der Waals surface area (Å²) in [5, 5.41) is 6.21. The van der Waals surface area contributed by atoms with Gasteiger partial charge < -0.3 is 10.6 Å². The molecule has 3 rings (SSSR count). The zero-order valence-electron chi connectivity index (χ0n) is 15.3. The Morgan fingerprint density at radius 3 is 2.19 bits per heavy atom. The molecule has 0 spiro atoms. The molecule has 1 aliphatic heterocycles. The normalized spacial score (nSPS) is 14.9. The number of nitrogens with one attached hydrogen (secondary N) is 2. The molecule has 1 fully saturated rings. The molecular weight excluding hydrogens is 342 g/mol. The number of hydrogen-bond donors (Lipinski definition) is 2. The van der Waals surface area contributed by atoms with E-state index >= 15 is 0 Å². The Morgan fingerprint density at radius 2 is 1.56 bits per heavy atom. The van der Waals surface area contributed by atoms with Crippen molar-refractivity contribution in [2.75, 3.05) is 17.2 Å². The van der Waals surface area contributed by atoms with Gasteiger partial charge in [-0.3, -0.25) is 19.3 Å². The van der Waals surface area contributed by atoms with E-state index in [9.17, 15) is 14.4 Å². The molecule has 1 saturated heterocycles. The van der Waals surface area contributed by atoms with Crippen LogP contribution in [-0.2, 0) is 14.4 Å². The topological polar surface area (TPSA) is 78.5 Å². The molecule has 0 saturated carbocycles. The van der Waals surface area contributed by atoms with E-state index in [4.69, 9.17) is 0 Å². The van der Waals surface area contributed by atoms with E-state index in [2.05, 4.69) is 29.7 Å². The predicted molar refractivity (Wildman–Crippen MR) is 104 cm³/mol. The van der Waals surface area contributed by atoms with Crippen molar-refractivity contribution >= 4 is 29.1 Å². The number of rotatable bonds is 7. The van der Waals surface area contributed by atoms with E-state index in [1.807, 2.05) is 42.5 Å². The van der Waals surface area contributed by atoms with Crippen LogP contribution in [-0.4, -0.2) is 29.2 Å². The summed E-state index contributed by atoms with van der Waals surface area (Å²) in [6.45, 7) is 2.23. The highest BCUT2D eigenvalue weighted by Gasteiger charge is 2.28. The minimum Gasteiger partial charge on any atom is -0.379 e. The maximum Gasteiger partial charge on any atom is 0.229 e. The van der Waals surface area contributed by atoms with Gasteiger partial charge in [-0.2, -0.15) is 0 Å². The second-order valence-electron chi connectivity index (χ2n) is 6.59. The van der Waals surface area contributed by atoms with Gasteiger partial charge in [0.05, 0.1) is 0 Å². The summed E-state index contributed by atoms with van der Waals surface area (Å²) in [4.78, 5) is 36.3. The Labute approximate surface area is 158 Å². The Balaban J connectivity index is 1.49. The number of nitrogens with zero attached hydrogens (tertiary/aromatic N) is 1. The molecule has 1 heterocycles. The summed E-state index contributed by atoms with van der Waals surface area (Å²) in [7, 11) is 0. The molecule has 27 heavy (non-hydrogen) atoms. The lowest BCUT2D eigenvalue weighted by Gasteiger charge is -2.16. The molecule has 1 aliphatic rings. The summed E-state index contributed by atoms with van der Waals surface area (Å²) < 4.78 is 0. The van der Waals surface area contributed by atoms with E-state index in [-0.39, 0.29) is 49.6 Å². The highest BCUT2D eigenvalue weighted by molar-refractivity contribution is 6.02. The van der Waals surface area contributed by atoms with Gasteiger partial charge in [-0.1, -0.05) is 30.3 Å². The van der Waals surface area contributed by atoms with Crippen molar-refractivity contribution in [1.29, 1.82) is 0 Å². The van der Waals surface area contributed by atoms with Crippen molar-refractivity contribution in [3.05, 3.63) is 60.2 Å². The number of amides is 3. The van der Waals surface area contributed by atoms with Gasteiger partial charge in [0.15, 0.2) is 0 Å². The Hall–Kier alpha value is -3.15. The fraction of sp³-hybridized carbons (Fsp3) is 0.286. The smallest absolute Gasteiger partial charge is 0.229 e. The summed E-state index contributed by atoms with van der Waals surface area (Å²) >= 11 is 0. The van der Waals surface area contributed by atoms with Gasteiger partial charge in [0.2, 0.25) is 17.7 Å². The zero-order valence-corrected chi connectivity index (χ0v) is 15.3. The van der Waals surface area contributed by atoms with Gasteiger partial charge in [0.25, 0.3) is 0 Å². The Morgan fingerprint density at radius 1 is 0.963 bits per heavy atom. The standard InChI is InChI=1S/C21H23N3O3/c1-15(16-5-3-2-4-6-16)22-17-7-9-18(10-8-17)23-19(25)13-14-24-20(26)11-12-21(24)27/h2-10,15,22H,11-14H2,1H3,(H,23,25). The van der Waals surface area contributed by atoms with Crippen LogP contribution in [0.1, 0.15) is 37.8 Å². The molecule has 0 aliphatic carbocycles. The van der Waals surface area contributed by atoms with Crippen LogP contribution in [0.25, 0.3) is 0 Å². The Kier molecular flexibility index (Phi) is 5.86. The Bertz CT molecular complexity index is 802. The highest BCUT2D eigenvalue weighted by atomic mass is 16.2. The van der Waals surface area contributed by atoms with Crippen LogP contribution in [0.3, 0.4) is 0 Å². The molecule has 0 bridgehead atoms. The van der Waals surface area contributed by atoms with Gasteiger partial charge in [-0.25, -0.2) is 0 Å². The SMILES string of the molecule is CC(Nc1ccc(NC(=O)CCN2C(=O)CCC2=O)cc1)c1ccccc1. The average molecular weight is 365 g/mol. The van der Waals surface area contributed by atoms with Crippen molar-refractivity contribution in [3.8, 4) is 0 Å². The lowest BCUT2D eigenvalue weighted by molar-refractivity contribution is -0.138. The summed E-state index contributed by atoms with van der Waals surface area (Å²) in [6.07, 6.45) is 0.592. The lowest BCUT2D eigenvalue weighted by Crippen LogP contribution is -2.32. The molecule has 1 atom stereocenters. The molecule has 3 amide bonds. The number of benzene rings is 2. The molecule has 0 aromatic heterocycles. The first-order valence-corrected chi connectivity index (χ1v) is 9.07. The number of anilines is 2. The maximum atomic E-state index is 12.1. The van der Waals surface area contributed by atoms with Crippen LogP contribution in [0, 0.1) is 0 Å². The largest absolute Gasteiger partial charge is 0.379 e. The number of carbonyl (C=O) groups is 3. The number of carbonyl (C=O) groups excluding carboxylic acids is 3. The van der Waals surface area contributed by atoms with Gasteiger partial charge in [0.1, 0.15) is 0 Å². The fourth-order valence-electron chi connectivity index (χ4n) is 3.03. The van der Waals surface area contributed by atoms with Gasteiger partial charge in [-0.05, 0) is 36.8 Å². The molecule has 140 valence electrons. The fourth-order valence-corrected chi connectivity index (χ4v) is 3.03. The molecule has 6 nitrogen and oxygen atoms in total. The monoisotopic (exact) mass is 365 g/mol. The van der Waals surface area contributed by atoms with Crippen molar-refractivity contribution in [2.24, 2.45) is 0 Å². The first-order valence-electron chi connectivity index (χ1n) is 9.07. The van der Waals surface area contributed by atoms with E-state index < -0.39 is 0 Å². The third-order valence-electron chi connectivity index (χ3n) is 4.57. The van der Waals surface area contributed by atoms with Crippen LogP contribution in [0.15, 0.2) is 54.6 Å². The van der Waals surface area contributed by atoms with Crippen molar-refractivity contribution in [3.63, 3.8) is 0 Å². The lowest BCUT2D eigenvalue weighted by atomic mass is 10.1. The second-order valence-corrected chi connectivity index (χ2v) is 6.59. The summed E-state index contributed by atoms with van der Waals surface area (Å²) in [5.41, 5.74) is 2.83. The third-order valence-corrected chi connectivity index (χ3v) is 4.57. The molecular formula is C21H23N3O3. The van der Waals surface area contributed by atoms with Gasteiger partial charge in [-0.15, -0.1) is 0 Å². The van der Waals surface area contributed by atoms with Crippen LogP contribution >= 0.6 is 0 Å². The van der Waals surface area contributed by atoms with Crippen LogP contribution in [0.2, 0.25) is 0 Å². The molecule has 0 radical (unpaired) electrons. The molecule has 2 aromatic rings. The second kappa shape index (κ2) is 8.49. The van der Waals surface area contributed by atoms with Crippen molar-refractivity contribution in [1.82, 2.24) is 4.90 Å². The predicted octanol–water partition coefficient (Wildman–Crippen LogP) is 3.34. The number of hydrogen-bond acceptors (Lipinski definition) is 4. The van der Waals surface area contributed by atoms with E-state index in [1.165, 1.54) is 5.56 Å². The van der Waals surface area contributed by atoms with E-state index in [1.54, 1.807) is 0 Å². The number of imide groups is 1. The summed E-state index contributed by atoms with van der Waals surface area (Å²) in [5.74, 6) is -0.618. The molecule has 1 unspecified atom stereocenters. The zero-order chi connectivity index (χ0) is 19.2. The van der Waals surface area contributed by atoms with Gasteiger partial charge >= 0.3 is 0 Å². The van der Waals surface area contributed by atoms with Crippen molar-refractivity contribution < 1.29 is 14.4 Å². The molecule has 2 aromatic carbocycles. The average Bonchev–Trinajstić information content (AvgIpc) is 3.00.